The molecular weight excluding hydrogens is 250 g/mol. The van der Waals surface area contributed by atoms with Crippen molar-refractivity contribution >= 4 is 23.2 Å². The number of hydrogen-bond donors (Lipinski definition) is 1. The summed E-state index contributed by atoms with van der Waals surface area (Å²) in [6.07, 6.45) is 0. The monoisotopic (exact) mass is 261 g/mol. The molecule has 0 saturated carbocycles. The quantitative estimate of drug-likeness (QED) is 0.904. The Morgan fingerprint density at radius 2 is 1.89 bits per heavy atom. The number of carbonyl (C=O) groups is 1. The number of amides is 1. The highest BCUT2D eigenvalue weighted by Gasteiger charge is 2.07. The van der Waals surface area contributed by atoms with Gasteiger partial charge in [0, 0.05) is 11.9 Å². The molecule has 0 atom stereocenters. The van der Waals surface area contributed by atoms with Crippen LogP contribution in [0.15, 0.2) is 48.5 Å². The summed E-state index contributed by atoms with van der Waals surface area (Å²) < 4.78 is 5.69. The summed E-state index contributed by atoms with van der Waals surface area (Å²) in [6, 6.07) is 14.4. The second-order valence-corrected chi connectivity index (χ2v) is 4.17. The van der Waals surface area contributed by atoms with Crippen molar-refractivity contribution in [2.75, 3.05) is 5.32 Å². The number of carbonyl (C=O) groups excluding carboxylic acids is 1. The van der Waals surface area contributed by atoms with Gasteiger partial charge in [-0.3, -0.25) is 4.79 Å². The molecule has 2 rings (SSSR count). The first-order valence-electron chi connectivity index (χ1n) is 5.45. The zero-order valence-corrected chi connectivity index (χ0v) is 10.6. The van der Waals surface area contributed by atoms with Crippen LogP contribution in [0.5, 0.6) is 11.5 Å². The van der Waals surface area contributed by atoms with E-state index in [2.05, 4.69) is 5.32 Å². The molecule has 0 fully saturated rings. The van der Waals surface area contributed by atoms with E-state index in [1.807, 2.05) is 30.3 Å². The molecule has 0 aliphatic rings. The predicted molar refractivity (Wildman–Crippen MR) is 72.3 cm³/mol. The topological polar surface area (TPSA) is 38.3 Å². The van der Waals surface area contributed by atoms with Crippen LogP contribution in [0.1, 0.15) is 6.92 Å². The normalized spacial score (nSPS) is 9.89. The van der Waals surface area contributed by atoms with Crippen molar-refractivity contribution in [2.24, 2.45) is 0 Å². The maximum absolute atomic E-state index is 11.1. The third-order valence-corrected chi connectivity index (χ3v) is 2.46. The Morgan fingerprint density at radius 1 is 1.17 bits per heavy atom. The van der Waals surface area contributed by atoms with Gasteiger partial charge in [-0.25, -0.2) is 0 Å². The number of benzene rings is 2. The van der Waals surface area contributed by atoms with Gasteiger partial charge in [0.2, 0.25) is 5.91 Å². The molecule has 0 bridgehead atoms. The molecule has 0 aliphatic carbocycles. The Kier molecular flexibility index (Phi) is 3.85. The van der Waals surface area contributed by atoms with Gasteiger partial charge in [0.1, 0.15) is 5.75 Å². The second kappa shape index (κ2) is 5.56. The second-order valence-electron chi connectivity index (χ2n) is 3.74. The number of anilines is 1. The van der Waals surface area contributed by atoms with Crippen LogP contribution in [0.3, 0.4) is 0 Å². The van der Waals surface area contributed by atoms with E-state index in [0.29, 0.717) is 22.2 Å². The summed E-state index contributed by atoms with van der Waals surface area (Å²) in [7, 11) is 0. The highest BCUT2D eigenvalue weighted by Crippen LogP contribution is 2.31. The van der Waals surface area contributed by atoms with Crippen LogP contribution < -0.4 is 10.1 Å². The van der Waals surface area contributed by atoms with Gasteiger partial charge in [-0.15, -0.1) is 0 Å². The number of ether oxygens (including phenoxy) is 1. The van der Waals surface area contributed by atoms with Crippen LogP contribution in [-0.2, 0) is 4.79 Å². The predicted octanol–water partition coefficient (Wildman–Crippen LogP) is 4.09. The third-order valence-electron chi connectivity index (χ3n) is 2.22. The zero-order valence-electron chi connectivity index (χ0n) is 9.81. The first-order valence-corrected chi connectivity index (χ1v) is 5.83. The Bertz CT molecular complexity index is 555. The number of para-hydroxylation sites is 1. The summed E-state index contributed by atoms with van der Waals surface area (Å²) >= 11 is 5.90. The van der Waals surface area contributed by atoms with E-state index in [-0.39, 0.29) is 5.91 Å². The summed E-state index contributed by atoms with van der Waals surface area (Å²) in [5, 5.41) is 3.23. The van der Waals surface area contributed by atoms with Gasteiger partial charge in [-0.05, 0) is 30.3 Å². The van der Waals surface area contributed by atoms with Crippen molar-refractivity contribution in [1.29, 1.82) is 0 Å². The molecule has 18 heavy (non-hydrogen) atoms. The molecular formula is C14H12ClNO2. The Labute approximate surface area is 110 Å². The highest BCUT2D eigenvalue weighted by atomic mass is 35.5. The van der Waals surface area contributed by atoms with E-state index in [0.717, 1.165) is 0 Å². The molecule has 2 aromatic rings. The molecule has 0 heterocycles. The molecule has 1 amide bonds. The van der Waals surface area contributed by atoms with Gasteiger partial charge in [-0.1, -0.05) is 29.8 Å². The molecule has 0 spiro atoms. The van der Waals surface area contributed by atoms with Crippen LogP contribution in [0.4, 0.5) is 5.69 Å². The lowest BCUT2D eigenvalue weighted by Crippen LogP contribution is -2.06. The minimum atomic E-state index is -0.171. The Balaban J connectivity index is 2.29. The van der Waals surface area contributed by atoms with E-state index < -0.39 is 0 Å². The van der Waals surface area contributed by atoms with Gasteiger partial charge >= 0.3 is 0 Å². The Hall–Kier alpha value is -2.00. The van der Waals surface area contributed by atoms with Crippen molar-refractivity contribution in [2.45, 2.75) is 6.92 Å². The zero-order chi connectivity index (χ0) is 13.0. The fourth-order valence-corrected chi connectivity index (χ4v) is 1.67. The van der Waals surface area contributed by atoms with Crippen molar-refractivity contribution in [1.82, 2.24) is 0 Å². The van der Waals surface area contributed by atoms with E-state index in [9.17, 15) is 4.79 Å². The van der Waals surface area contributed by atoms with E-state index in [4.69, 9.17) is 16.3 Å². The average molecular weight is 262 g/mol. The van der Waals surface area contributed by atoms with Crippen LogP contribution in [0.2, 0.25) is 5.02 Å². The summed E-state index contributed by atoms with van der Waals surface area (Å²) in [5.41, 5.74) is 0.554. The molecule has 2 aromatic carbocycles. The largest absolute Gasteiger partial charge is 0.455 e. The molecule has 0 saturated heterocycles. The van der Waals surface area contributed by atoms with Gasteiger partial charge < -0.3 is 10.1 Å². The summed E-state index contributed by atoms with van der Waals surface area (Å²) in [6.45, 7) is 1.44. The van der Waals surface area contributed by atoms with E-state index in [1.54, 1.807) is 18.2 Å². The Morgan fingerprint density at radius 3 is 2.56 bits per heavy atom. The SMILES string of the molecule is CC(=O)Nc1cc(Cl)ccc1Oc1ccccc1. The number of halogens is 1. The minimum Gasteiger partial charge on any atom is -0.455 e. The average Bonchev–Trinajstić information content (AvgIpc) is 2.33. The van der Waals surface area contributed by atoms with Gasteiger partial charge in [0.05, 0.1) is 5.69 Å². The standard InChI is InChI=1S/C14H12ClNO2/c1-10(17)16-13-9-11(15)7-8-14(13)18-12-5-3-2-4-6-12/h2-9H,1H3,(H,16,17). The third kappa shape index (κ3) is 3.25. The van der Waals surface area contributed by atoms with Gasteiger partial charge in [0.15, 0.2) is 5.75 Å². The van der Waals surface area contributed by atoms with Crippen LogP contribution in [0, 0.1) is 0 Å². The smallest absolute Gasteiger partial charge is 0.221 e. The van der Waals surface area contributed by atoms with Crippen molar-refractivity contribution in [3.05, 3.63) is 53.6 Å². The number of hydrogen-bond acceptors (Lipinski definition) is 2. The number of rotatable bonds is 3. The minimum absolute atomic E-state index is 0.171. The van der Waals surface area contributed by atoms with Crippen molar-refractivity contribution < 1.29 is 9.53 Å². The lowest BCUT2D eigenvalue weighted by atomic mass is 10.3. The maximum atomic E-state index is 11.1. The van der Waals surface area contributed by atoms with E-state index in [1.165, 1.54) is 6.92 Å². The molecule has 4 heteroatoms. The molecule has 1 N–H and O–H groups in total. The molecule has 0 unspecified atom stereocenters. The fraction of sp³-hybridized carbons (Fsp3) is 0.0714. The van der Waals surface area contributed by atoms with Crippen LogP contribution in [0.25, 0.3) is 0 Å². The fourth-order valence-electron chi connectivity index (χ4n) is 1.49. The van der Waals surface area contributed by atoms with Gasteiger partial charge in [-0.2, -0.15) is 0 Å². The van der Waals surface area contributed by atoms with Crippen LogP contribution >= 0.6 is 11.6 Å². The van der Waals surface area contributed by atoms with Crippen molar-refractivity contribution in [3.63, 3.8) is 0 Å². The summed E-state index contributed by atoms with van der Waals surface area (Å²) in [4.78, 5) is 11.1. The highest BCUT2D eigenvalue weighted by molar-refractivity contribution is 6.31. The lowest BCUT2D eigenvalue weighted by Gasteiger charge is -2.11. The van der Waals surface area contributed by atoms with E-state index >= 15 is 0 Å². The molecule has 3 nitrogen and oxygen atoms in total. The molecule has 0 radical (unpaired) electrons. The van der Waals surface area contributed by atoms with Crippen LogP contribution in [-0.4, -0.2) is 5.91 Å². The summed E-state index contributed by atoms with van der Waals surface area (Å²) in [5.74, 6) is 1.09. The van der Waals surface area contributed by atoms with Crippen molar-refractivity contribution in [3.8, 4) is 11.5 Å². The number of nitrogens with one attached hydrogen (secondary N) is 1. The lowest BCUT2D eigenvalue weighted by molar-refractivity contribution is -0.114. The first kappa shape index (κ1) is 12.5. The maximum Gasteiger partial charge on any atom is 0.221 e. The molecule has 0 aliphatic heterocycles. The first-order chi connectivity index (χ1) is 8.65. The molecule has 0 aromatic heterocycles. The van der Waals surface area contributed by atoms with Gasteiger partial charge in [0.25, 0.3) is 0 Å². The molecule has 92 valence electrons.